The normalized spacial score (nSPS) is 24.5. The molecule has 0 aromatic carbocycles. The summed E-state index contributed by atoms with van der Waals surface area (Å²) < 4.78 is 5.64. The van der Waals surface area contributed by atoms with Crippen LogP contribution >= 0.6 is 23.1 Å². The van der Waals surface area contributed by atoms with Crippen molar-refractivity contribution in [1.82, 2.24) is 0 Å². The SMILES string of the molecule is CC(N)C(SCC1CCCO1)c1ccsc1. The lowest BCUT2D eigenvalue weighted by molar-refractivity contribution is 0.128. The van der Waals surface area contributed by atoms with E-state index < -0.39 is 0 Å². The molecule has 2 rings (SSSR count). The van der Waals surface area contributed by atoms with Gasteiger partial charge in [-0.1, -0.05) is 0 Å². The third-order valence-electron chi connectivity index (χ3n) is 2.83. The van der Waals surface area contributed by atoms with Gasteiger partial charge in [0.2, 0.25) is 0 Å². The third-order valence-corrected chi connectivity index (χ3v) is 5.16. The highest BCUT2D eigenvalue weighted by molar-refractivity contribution is 7.99. The molecule has 0 saturated carbocycles. The predicted octanol–water partition coefficient (Wildman–Crippen LogP) is 3.05. The molecular formula is C12H19NOS2. The number of nitrogens with two attached hydrogens (primary N) is 1. The van der Waals surface area contributed by atoms with E-state index in [4.69, 9.17) is 10.5 Å². The van der Waals surface area contributed by atoms with E-state index in [0.717, 1.165) is 12.4 Å². The molecule has 1 aromatic heterocycles. The highest BCUT2D eigenvalue weighted by atomic mass is 32.2. The lowest BCUT2D eigenvalue weighted by atomic mass is 10.1. The Hall–Kier alpha value is -0.0300. The van der Waals surface area contributed by atoms with Crippen molar-refractivity contribution >= 4 is 23.1 Å². The van der Waals surface area contributed by atoms with E-state index in [1.807, 2.05) is 11.8 Å². The molecule has 1 fully saturated rings. The van der Waals surface area contributed by atoms with Crippen molar-refractivity contribution in [2.45, 2.75) is 37.2 Å². The Morgan fingerprint density at radius 2 is 2.56 bits per heavy atom. The number of rotatable bonds is 5. The van der Waals surface area contributed by atoms with Crippen molar-refractivity contribution in [3.63, 3.8) is 0 Å². The zero-order chi connectivity index (χ0) is 11.4. The Kier molecular flexibility index (Phi) is 4.70. The van der Waals surface area contributed by atoms with Crippen LogP contribution in [0.1, 0.15) is 30.6 Å². The molecule has 3 atom stereocenters. The fourth-order valence-corrected chi connectivity index (χ4v) is 4.09. The van der Waals surface area contributed by atoms with Crippen LogP contribution in [0.5, 0.6) is 0 Å². The van der Waals surface area contributed by atoms with E-state index in [2.05, 4.69) is 23.8 Å². The summed E-state index contributed by atoms with van der Waals surface area (Å²) >= 11 is 3.68. The summed E-state index contributed by atoms with van der Waals surface area (Å²) in [6, 6.07) is 2.38. The largest absolute Gasteiger partial charge is 0.377 e. The van der Waals surface area contributed by atoms with Crippen LogP contribution < -0.4 is 5.73 Å². The van der Waals surface area contributed by atoms with Gasteiger partial charge in [0, 0.05) is 23.7 Å². The van der Waals surface area contributed by atoms with E-state index >= 15 is 0 Å². The highest BCUT2D eigenvalue weighted by Gasteiger charge is 2.21. The summed E-state index contributed by atoms with van der Waals surface area (Å²) in [5.74, 6) is 1.07. The predicted molar refractivity (Wildman–Crippen MR) is 72.1 cm³/mol. The van der Waals surface area contributed by atoms with Crippen LogP contribution in [0.4, 0.5) is 0 Å². The van der Waals surface area contributed by atoms with E-state index in [-0.39, 0.29) is 6.04 Å². The standard InChI is InChI=1S/C12H19NOS2/c1-9(13)12(10-4-6-15-7-10)16-8-11-3-2-5-14-11/h4,6-7,9,11-12H,2-3,5,8,13H2,1H3. The van der Waals surface area contributed by atoms with Gasteiger partial charge in [0.25, 0.3) is 0 Å². The molecule has 16 heavy (non-hydrogen) atoms. The lowest BCUT2D eigenvalue weighted by Gasteiger charge is -2.21. The summed E-state index contributed by atoms with van der Waals surface area (Å²) in [6.45, 7) is 3.03. The molecule has 3 unspecified atom stereocenters. The Balaban J connectivity index is 1.88. The molecule has 1 aliphatic heterocycles. The van der Waals surface area contributed by atoms with Crippen LogP contribution in [-0.4, -0.2) is 24.5 Å². The van der Waals surface area contributed by atoms with Crippen molar-refractivity contribution in [3.05, 3.63) is 22.4 Å². The summed E-state index contributed by atoms with van der Waals surface area (Å²) in [5.41, 5.74) is 7.42. The summed E-state index contributed by atoms with van der Waals surface area (Å²) in [6.07, 6.45) is 2.87. The van der Waals surface area contributed by atoms with E-state index in [1.54, 1.807) is 11.3 Å². The number of hydrogen-bond acceptors (Lipinski definition) is 4. The fraction of sp³-hybridized carbons (Fsp3) is 0.667. The van der Waals surface area contributed by atoms with Crippen molar-refractivity contribution in [1.29, 1.82) is 0 Å². The van der Waals surface area contributed by atoms with Gasteiger partial charge in [-0.05, 0) is 42.2 Å². The van der Waals surface area contributed by atoms with Crippen LogP contribution in [0.2, 0.25) is 0 Å². The monoisotopic (exact) mass is 257 g/mol. The lowest BCUT2D eigenvalue weighted by Crippen LogP contribution is -2.23. The van der Waals surface area contributed by atoms with Gasteiger partial charge in [-0.2, -0.15) is 11.3 Å². The van der Waals surface area contributed by atoms with Gasteiger partial charge in [-0.15, -0.1) is 11.8 Å². The van der Waals surface area contributed by atoms with Gasteiger partial charge in [-0.25, -0.2) is 0 Å². The number of thiophene rings is 1. The first-order valence-corrected chi connectivity index (χ1v) is 7.77. The molecule has 0 radical (unpaired) electrons. The molecule has 1 saturated heterocycles. The maximum absolute atomic E-state index is 6.06. The Labute approximate surface area is 106 Å². The van der Waals surface area contributed by atoms with Crippen LogP contribution in [-0.2, 0) is 4.74 Å². The minimum atomic E-state index is 0.195. The first-order valence-electron chi connectivity index (χ1n) is 5.78. The first-order chi connectivity index (χ1) is 7.77. The average molecular weight is 257 g/mol. The Morgan fingerprint density at radius 3 is 3.12 bits per heavy atom. The summed E-state index contributed by atoms with van der Waals surface area (Å²) in [5, 5.41) is 4.74. The summed E-state index contributed by atoms with van der Waals surface area (Å²) in [4.78, 5) is 0. The molecule has 1 aromatic rings. The minimum absolute atomic E-state index is 0.195. The Morgan fingerprint density at radius 1 is 1.69 bits per heavy atom. The van der Waals surface area contributed by atoms with Crippen molar-refractivity contribution in [3.8, 4) is 0 Å². The molecule has 0 bridgehead atoms. The molecule has 1 aliphatic rings. The van der Waals surface area contributed by atoms with E-state index in [9.17, 15) is 0 Å². The fourth-order valence-electron chi connectivity index (χ4n) is 1.98. The van der Waals surface area contributed by atoms with Crippen molar-refractivity contribution < 1.29 is 4.74 Å². The zero-order valence-electron chi connectivity index (χ0n) is 9.59. The van der Waals surface area contributed by atoms with Gasteiger partial charge in [0.1, 0.15) is 0 Å². The Bertz CT molecular complexity index is 294. The van der Waals surface area contributed by atoms with Crippen LogP contribution in [0.3, 0.4) is 0 Å². The second kappa shape index (κ2) is 6.05. The molecule has 2 nitrogen and oxygen atoms in total. The van der Waals surface area contributed by atoms with Gasteiger partial charge in [0.05, 0.1) is 6.10 Å². The quantitative estimate of drug-likeness (QED) is 0.880. The molecular weight excluding hydrogens is 238 g/mol. The topological polar surface area (TPSA) is 35.2 Å². The van der Waals surface area contributed by atoms with E-state index in [1.165, 1.54) is 18.4 Å². The molecule has 2 N–H and O–H groups in total. The molecule has 4 heteroatoms. The van der Waals surface area contributed by atoms with Crippen LogP contribution in [0, 0.1) is 0 Å². The molecule has 0 spiro atoms. The highest BCUT2D eigenvalue weighted by Crippen LogP contribution is 2.34. The number of ether oxygens (including phenoxy) is 1. The van der Waals surface area contributed by atoms with Gasteiger partial charge in [-0.3, -0.25) is 0 Å². The van der Waals surface area contributed by atoms with Crippen molar-refractivity contribution in [2.75, 3.05) is 12.4 Å². The summed E-state index contributed by atoms with van der Waals surface area (Å²) in [7, 11) is 0. The molecule has 0 aliphatic carbocycles. The second-order valence-corrected chi connectivity index (χ2v) is 6.26. The second-order valence-electron chi connectivity index (χ2n) is 4.30. The molecule has 0 amide bonds. The van der Waals surface area contributed by atoms with Gasteiger partial charge in [0.15, 0.2) is 0 Å². The van der Waals surface area contributed by atoms with Crippen LogP contribution in [0.25, 0.3) is 0 Å². The average Bonchev–Trinajstić information content (AvgIpc) is 2.88. The maximum Gasteiger partial charge on any atom is 0.0666 e. The third kappa shape index (κ3) is 3.23. The molecule has 90 valence electrons. The molecule has 2 heterocycles. The van der Waals surface area contributed by atoms with E-state index in [0.29, 0.717) is 11.4 Å². The first kappa shape index (κ1) is 12.4. The smallest absolute Gasteiger partial charge is 0.0666 e. The zero-order valence-corrected chi connectivity index (χ0v) is 11.2. The van der Waals surface area contributed by atoms with Crippen LogP contribution in [0.15, 0.2) is 16.8 Å². The van der Waals surface area contributed by atoms with Gasteiger partial charge < -0.3 is 10.5 Å². The van der Waals surface area contributed by atoms with Crippen molar-refractivity contribution in [2.24, 2.45) is 5.73 Å². The minimum Gasteiger partial charge on any atom is -0.377 e. The maximum atomic E-state index is 6.06. The number of hydrogen-bond donors (Lipinski definition) is 1. The number of thioether (sulfide) groups is 1. The van der Waals surface area contributed by atoms with Gasteiger partial charge >= 0.3 is 0 Å².